The molecule has 0 heterocycles. The van der Waals surface area contributed by atoms with E-state index in [0.29, 0.717) is 18.8 Å². The van der Waals surface area contributed by atoms with E-state index < -0.39 is 35.8 Å². The van der Waals surface area contributed by atoms with E-state index in [1.54, 1.807) is 0 Å². The average Bonchev–Trinajstić information content (AvgIpc) is 2.69. The second-order valence-corrected chi connectivity index (χ2v) is 7.23. The van der Waals surface area contributed by atoms with E-state index in [4.69, 9.17) is 11.5 Å². The molecule has 170 valence electrons. The molecule has 0 saturated heterocycles. The van der Waals surface area contributed by atoms with Crippen LogP contribution in [-0.2, 0) is 25.6 Å². The third-order valence-corrected chi connectivity index (χ3v) is 4.42. The largest absolute Gasteiger partial charge is 0.386 e. The van der Waals surface area contributed by atoms with Crippen molar-refractivity contribution in [2.75, 3.05) is 6.54 Å². The Hall–Kier alpha value is -3.56. The summed E-state index contributed by atoms with van der Waals surface area (Å²) >= 11 is 0. The number of rotatable bonds is 13. The number of nitrogens with two attached hydrogens (primary N) is 2. The van der Waals surface area contributed by atoms with Gasteiger partial charge in [0.1, 0.15) is 18.1 Å². The van der Waals surface area contributed by atoms with Crippen LogP contribution in [0.1, 0.15) is 32.3 Å². The number of carbonyl (C=O) groups is 4. The first kappa shape index (κ1) is 25.5. The Labute approximate surface area is 182 Å². The fraction of sp³-hybridized carbons (Fsp3) is 0.429. The van der Waals surface area contributed by atoms with Gasteiger partial charge in [0.2, 0.25) is 23.6 Å². The molecule has 0 aliphatic heterocycles. The summed E-state index contributed by atoms with van der Waals surface area (Å²) in [5.74, 6) is -1.83. The van der Waals surface area contributed by atoms with Gasteiger partial charge in [-0.1, -0.05) is 36.9 Å². The molecule has 0 aliphatic carbocycles. The van der Waals surface area contributed by atoms with Crippen LogP contribution in [0.2, 0.25) is 0 Å². The lowest BCUT2D eigenvalue weighted by molar-refractivity contribution is -0.133. The molecule has 0 saturated carbocycles. The molecular formula is C21H32N6O4. The minimum Gasteiger partial charge on any atom is -0.386 e. The number of hydrogen-bond donors (Lipinski definition) is 6. The van der Waals surface area contributed by atoms with Gasteiger partial charge in [0.25, 0.3) is 0 Å². The topological polar surface area (TPSA) is 168 Å². The number of benzene rings is 1. The lowest BCUT2D eigenvalue weighted by Gasteiger charge is -2.24. The molecule has 4 amide bonds. The van der Waals surface area contributed by atoms with Crippen LogP contribution in [0.5, 0.6) is 0 Å². The van der Waals surface area contributed by atoms with E-state index in [-0.39, 0.29) is 18.7 Å². The van der Waals surface area contributed by atoms with Crippen molar-refractivity contribution in [3.8, 4) is 0 Å². The molecule has 10 nitrogen and oxygen atoms in total. The summed E-state index contributed by atoms with van der Waals surface area (Å²) in [7, 11) is 0. The maximum Gasteiger partial charge on any atom is 0.243 e. The average molecular weight is 433 g/mol. The molecule has 0 bridgehead atoms. The maximum absolute atomic E-state index is 12.9. The van der Waals surface area contributed by atoms with E-state index in [9.17, 15) is 19.2 Å². The van der Waals surface area contributed by atoms with Gasteiger partial charge in [0, 0.05) is 19.9 Å². The van der Waals surface area contributed by atoms with Crippen LogP contribution in [0.4, 0.5) is 0 Å². The summed E-state index contributed by atoms with van der Waals surface area (Å²) in [4.78, 5) is 48.5. The molecule has 0 fully saturated rings. The van der Waals surface area contributed by atoms with Gasteiger partial charge < -0.3 is 32.7 Å². The second kappa shape index (κ2) is 12.9. The van der Waals surface area contributed by atoms with Crippen molar-refractivity contribution in [2.24, 2.45) is 11.5 Å². The van der Waals surface area contributed by atoms with Gasteiger partial charge in [-0.25, -0.2) is 0 Å². The highest BCUT2D eigenvalue weighted by molar-refractivity contribution is 5.93. The standard InChI is InChI=1S/C21H32N6O4/c1-13(19(23)29)25-20(30)17(10-7-11-24-14(2)22)27-21(31)18(26-15(3)28)12-16-8-5-4-6-9-16/h4-6,8-9,13,17-18,24H,2,7,10-12,22H2,1,3H3,(H2,23,29)(H,25,30)(H,26,28)(H,27,31)/t13-,17-,18-/m0/s1. The normalized spacial score (nSPS) is 13.2. The van der Waals surface area contributed by atoms with Crippen LogP contribution in [0.25, 0.3) is 0 Å². The molecule has 0 radical (unpaired) electrons. The first-order chi connectivity index (χ1) is 14.6. The smallest absolute Gasteiger partial charge is 0.243 e. The fourth-order valence-electron chi connectivity index (χ4n) is 2.79. The van der Waals surface area contributed by atoms with Gasteiger partial charge in [-0.15, -0.1) is 0 Å². The Morgan fingerprint density at radius 1 is 0.968 bits per heavy atom. The van der Waals surface area contributed by atoms with Crippen molar-refractivity contribution in [2.45, 2.75) is 51.2 Å². The van der Waals surface area contributed by atoms with Gasteiger partial charge in [-0.3, -0.25) is 19.2 Å². The third-order valence-electron chi connectivity index (χ3n) is 4.42. The summed E-state index contributed by atoms with van der Waals surface area (Å²) in [5.41, 5.74) is 11.5. The molecular weight excluding hydrogens is 400 g/mol. The zero-order chi connectivity index (χ0) is 23.4. The zero-order valence-corrected chi connectivity index (χ0v) is 17.9. The van der Waals surface area contributed by atoms with Crippen LogP contribution in [0.15, 0.2) is 42.7 Å². The van der Waals surface area contributed by atoms with E-state index in [1.165, 1.54) is 13.8 Å². The van der Waals surface area contributed by atoms with E-state index in [1.807, 2.05) is 30.3 Å². The molecule has 31 heavy (non-hydrogen) atoms. The predicted octanol–water partition coefficient (Wildman–Crippen LogP) is -0.992. The minimum absolute atomic E-state index is 0.257. The Morgan fingerprint density at radius 2 is 1.58 bits per heavy atom. The van der Waals surface area contributed by atoms with Gasteiger partial charge >= 0.3 is 0 Å². The maximum atomic E-state index is 12.9. The number of hydrogen-bond acceptors (Lipinski definition) is 6. The monoisotopic (exact) mass is 432 g/mol. The summed E-state index contributed by atoms with van der Waals surface area (Å²) in [5, 5.41) is 10.6. The molecule has 0 aromatic heterocycles. The molecule has 0 unspecified atom stereocenters. The molecule has 1 rings (SSSR count). The third kappa shape index (κ3) is 10.2. The summed E-state index contributed by atoms with van der Waals surface area (Å²) in [6.07, 6.45) is 1.01. The lowest BCUT2D eigenvalue weighted by Crippen LogP contribution is -2.56. The van der Waals surface area contributed by atoms with Gasteiger partial charge in [-0.05, 0) is 25.3 Å². The van der Waals surface area contributed by atoms with Gasteiger partial charge in [-0.2, -0.15) is 0 Å². The lowest BCUT2D eigenvalue weighted by atomic mass is 10.0. The van der Waals surface area contributed by atoms with Crippen molar-refractivity contribution < 1.29 is 19.2 Å². The fourth-order valence-corrected chi connectivity index (χ4v) is 2.79. The predicted molar refractivity (Wildman–Crippen MR) is 117 cm³/mol. The van der Waals surface area contributed by atoms with Crippen molar-refractivity contribution in [3.05, 3.63) is 48.3 Å². The first-order valence-electron chi connectivity index (χ1n) is 9.99. The molecule has 1 aromatic rings. The summed E-state index contributed by atoms with van der Waals surface area (Å²) < 4.78 is 0. The van der Waals surface area contributed by atoms with Crippen molar-refractivity contribution in [1.29, 1.82) is 0 Å². The van der Waals surface area contributed by atoms with Crippen LogP contribution in [-0.4, -0.2) is 48.3 Å². The zero-order valence-electron chi connectivity index (χ0n) is 17.9. The Kier molecular flexibility index (Phi) is 10.6. The number of carbonyl (C=O) groups excluding carboxylic acids is 4. The highest BCUT2D eigenvalue weighted by Gasteiger charge is 2.27. The number of nitrogens with one attached hydrogen (secondary N) is 4. The molecule has 0 aliphatic rings. The minimum atomic E-state index is -0.936. The van der Waals surface area contributed by atoms with E-state index in [0.717, 1.165) is 5.56 Å². The van der Waals surface area contributed by atoms with Crippen molar-refractivity contribution in [1.82, 2.24) is 21.3 Å². The number of amides is 4. The van der Waals surface area contributed by atoms with Gasteiger partial charge in [0.05, 0.1) is 5.82 Å². The quantitative estimate of drug-likeness (QED) is 0.219. The Bertz CT molecular complexity index is 783. The SMILES string of the molecule is C=C(N)NCCC[C@H](NC(=O)[C@H](Cc1ccccc1)NC(C)=O)C(=O)N[C@@H](C)C(N)=O. The highest BCUT2D eigenvalue weighted by atomic mass is 16.2. The first-order valence-corrected chi connectivity index (χ1v) is 9.99. The van der Waals surface area contributed by atoms with E-state index in [2.05, 4.69) is 27.8 Å². The van der Waals surface area contributed by atoms with Gasteiger partial charge in [0.15, 0.2) is 0 Å². The summed E-state index contributed by atoms with van der Waals surface area (Å²) in [6.45, 7) is 6.74. The molecule has 8 N–H and O–H groups in total. The van der Waals surface area contributed by atoms with Crippen molar-refractivity contribution in [3.63, 3.8) is 0 Å². The van der Waals surface area contributed by atoms with Crippen LogP contribution in [0.3, 0.4) is 0 Å². The molecule has 1 aromatic carbocycles. The van der Waals surface area contributed by atoms with Crippen LogP contribution in [0, 0.1) is 0 Å². The van der Waals surface area contributed by atoms with Crippen LogP contribution >= 0.6 is 0 Å². The Morgan fingerprint density at radius 3 is 2.13 bits per heavy atom. The molecule has 0 spiro atoms. The summed E-state index contributed by atoms with van der Waals surface area (Å²) in [6, 6.07) is 6.49. The molecule has 10 heteroatoms. The van der Waals surface area contributed by atoms with E-state index >= 15 is 0 Å². The molecule has 3 atom stereocenters. The number of primary amides is 1. The second-order valence-electron chi connectivity index (χ2n) is 7.23. The Balaban J connectivity index is 2.90. The highest BCUT2D eigenvalue weighted by Crippen LogP contribution is 2.06. The van der Waals surface area contributed by atoms with Crippen LogP contribution < -0.4 is 32.7 Å². The van der Waals surface area contributed by atoms with Crippen molar-refractivity contribution >= 4 is 23.6 Å².